The summed E-state index contributed by atoms with van der Waals surface area (Å²) in [4.78, 5) is 1.38. The van der Waals surface area contributed by atoms with Gasteiger partial charge in [-0.05, 0) is 184 Å². The minimum absolute atomic E-state index is 0.124. The molecule has 0 radical (unpaired) electrons. The van der Waals surface area contributed by atoms with E-state index in [-0.39, 0.29) is 30.2 Å². The van der Waals surface area contributed by atoms with Crippen LogP contribution in [-0.4, -0.2) is 4.57 Å². The van der Waals surface area contributed by atoms with E-state index >= 15 is 0 Å². The molecule has 0 bridgehead atoms. The van der Waals surface area contributed by atoms with E-state index in [2.05, 4.69) is 241 Å². The Morgan fingerprint density at radius 3 is 1.46 bits per heavy atom. The van der Waals surface area contributed by atoms with E-state index in [0.717, 1.165) is 12.2 Å². The smallest absolute Gasteiger partial charge is 0.100 e. The predicted molar refractivity (Wildman–Crippen MR) is 334 cm³/mol. The molecule has 0 amide bonds. The van der Waals surface area contributed by atoms with Crippen molar-refractivity contribution in [3.8, 4) is 11.1 Å². The van der Waals surface area contributed by atoms with Gasteiger partial charge in [-0.25, -0.2) is 0 Å². The quantitative estimate of drug-likeness (QED) is 0.173. The fourth-order valence-corrected chi connectivity index (χ4v) is 8.25. The summed E-state index contributed by atoms with van der Waals surface area (Å²) in [5, 5.41) is 8.96. The molecular formula is C71H79NO2S2. The van der Waals surface area contributed by atoms with Gasteiger partial charge in [-0.1, -0.05) is 188 Å². The van der Waals surface area contributed by atoms with E-state index in [0.29, 0.717) is 5.56 Å². The molecular weight excluding hydrogens is 963 g/mol. The van der Waals surface area contributed by atoms with Crippen LogP contribution in [0, 0.1) is 69.2 Å². The Morgan fingerprint density at radius 1 is 0.474 bits per heavy atom. The second kappa shape index (κ2) is 34.7. The van der Waals surface area contributed by atoms with Gasteiger partial charge in [0, 0.05) is 33.7 Å². The summed E-state index contributed by atoms with van der Waals surface area (Å²) in [6.45, 7) is 22.5. The van der Waals surface area contributed by atoms with E-state index < -0.39 is 0 Å². The SMILES string of the molecule is CCc1ccccc1.Cc1ccc(-c2ccccc2C)cc1.Cc1cccc(C)c1C.Cc1ccco1.Cc1cccs1.Cc1ccoc1.Cc1ccsc1.Cn1c2ccccc2c2ccccc21.[2H]c1c([2H])c([2H])c(C)c([2H])c1[2H]. The normalized spacial score (nSPS) is 10.6. The molecule has 76 heavy (non-hydrogen) atoms. The van der Waals surface area contributed by atoms with Crippen LogP contribution in [0.5, 0.6) is 0 Å². The Bertz CT molecular complexity index is 3320. The number of nitrogens with zero attached hydrogens (tertiary/aromatic N) is 1. The molecule has 12 rings (SSSR count). The average Bonchev–Trinajstić information content (AvgIpc) is 4.42. The number of benzene rings is 7. The number of hydrogen-bond donors (Lipinski definition) is 0. The third kappa shape index (κ3) is 22.8. The number of aromatic nitrogens is 1. The van der Waals surface area contributed by atoms with Crippen LogP contribution in [-0.2, 0) is 13.5 Å². The van der Waals surface area contributed by atoms with Gasteiger partial charge < -0.3 is 13.4 Å². The second-order valence-electron chi connectivity index (χ2n) is 17.9. The first kappa shape index (κ1) is 53.1. The molecule has 5 aromatic heterocycles. The minimum Gasteiger partial charge on any atom is -0.472 e. The highest BCUT2D eigenvalue weighted by Gasteiger charge is 2.05. The lowest BCUT2D eigenvalue weighted by molar-refractivity contribution is 0.534. The maximum absolute atomic E-state index is 7.31. The molecule has 0 spiro atoms. The Hall–Kier alpha value is -7.70. The van der Waals surface area contributed by atoms with E-state index in [9.17, 15) is 0 Å². The fourth-order valence-electron chi connectivity index (χ4n) is 7.06. The summed E-state index contributed by atoms with van der Waals surface area (Å²) < 4.78 is 48.1. The van der Waals surface area contributed by atoms with Crippen molar-refractivity contribution in [2.45, 2.75) is 82.6 Å². The highest BCUT2D eigenvalue weighted by molar-refractivity contribution is 7.09. The van der Waals surface area contributed by atoms with Crippen molar-refractivity contribution in [1.29, 1.82) is 0 Å². The summed E-state index contributed by atoms with van der Waals surface area (Å²) in [6.07, 6.45) is 6.17. The van der Waals surface area contributed by atoms with Crippen molar-refractivity contribution < 1.29 is 15.7 Å². The zero-order chi connectivity index (χ0) is 59.3. The van der Waals surface area contributed by atoms with Crippen LogP contribution >= 0.6 is 22.7 Å². The number of furan rings is 2. The van der Waals surface area contributed by atoms with Crippen LogP contribution in [0.15, 0.2) is 256 Å². The van der Waals surface area contributed by atoms with Gasteiger partial charge >= 0.3 is 0 Å². The van der Waals surface area contributed by atoms with Crippen LogP contribution in [0.1, 0.15) is 74.5 Å². The molecule has 0 atom stereocenters. The highest BCUT2D eigenvalue weighted by Crippen LogP contribution is 2.27. The molecule has 5 heteroatoms. The number of aryl methyl sites for hydroxylation is 10. The highest BCUT2D eigenvalue weighted by atomic mass is 32.1. The molecule has 0 fully saturated rings. The molecule has 0 aliphatic heterocycles. The van der Waals surface area contributed by atoms with Crippen LogP contribution < -0.4 is 0 Å². The Kier molecular flexibility index (Phi) is 24.3. The van der Waals surface area contributed by atoms with Crippen molar-refractivity contribution in [3.63, 3.8) is 0 Å². The van der Waals surface area contributed by atoms with Crippen LogP contribution in [0.4, 0.5) is 0 Å². The first-order valence-corrected chi connectivity index (χ1v) is 27.3. The standard InChI is InChI=1S/C14H14.C13H11N.C9H12.C8H10.C7H8.2C5H6O.2C5H6S/c1-11-7-9-13(10-8-11)14-6-4-3-5-12(14)2;1-14-12-8-4-2-6-10(12)11-7-3-5-9-13(11)14;1-7-5-4-6-8(2)9(7)3;1-2-8-6-4-3-5-7-8;1-7-5-3-2-4-6-7;1-5-2-3-6-4-5;1-5-3-2-4-6-5;1-5-2-3-6-4-5;1-5-3-2-4-6-5/h3-10H,1-2H3;2-9H,1H3;4-6H,1-3H3;3-7H,2H2,1H3;2-6H,1H3;4*2-4H,1H3/i;;;;2D,3D,4D,5D,6D;;;;. The average molecular weight is 1050 g/mol. The maximum atomic E-state index is 7.31. The molecule has 0 saturated carbocycles. The molecule has 0 aliphatic carbocycles. The van der Waals surface area contributed by atoms with Gasteiger partial charge in [-0.2, -0.15) is 11.3 Å². The van der Waals surface area contributed by atoms with E-state index in [1.165, 1.54) is 89.2 Å². The molecule has 0 aliphatic rings. The lowest BCUT2D eigenvalue weighted by atomic mass is 10.00. The van der Waals surface area contributed by atoms with Crippen molar-refractivity contribution in [3.05, 3.63) is 308 Å². The fraction of sp³-hybridized carbons (Fsp3) is 0.183. The summed E-state index contributed by atoms with van der Waals surface area (Å²) in [5.74, 6) is 0.968. The van der Waals surface area contributed by atoms with Gasteiger partial charge in [0.25, 0.3) is 0 Å². The monoisotopic (exact) mass is 1050 g/mol. The number of rotatable bonds is 2. The number of thiophene rings is 2. The van der Waals surface area contributed by atoms with Crippen molar-refractivity contribution in [2.24, 2.45) is 7.05 Å². The lowest BCUT2D eigenvalue weighted by Crippen LogP contribution is -1.84. The zero-order valence-electron chi connectivity index (χ0n) is 51.6. The Labute approximate surface area is 470 Å². The first-order chi connectivity index (χ1) is 38.8. The van der Waals surface area contributed by atoms with Crippen molar-refractivity contribution in [1.82, 2.24) is 4.57 Å². The Balaban J connectivity index is 0.000000200. The van der Waals surface area contributed by atoms with Crippen molar-refractivity contribution >= 4 is 44.5 Å². The van der Waals surface area contributed by atoms with Gasteiger partial charge in [0.05, 0.1) is 25.6 Å². The van der Waals surface area contributed by atoms with Crippen LogP contribution in [0.25, 0.3) is 32.9 Å². The molecule has 7 aromatic carbocycles. The molecule has 3 nitrogen and oxygen atoms in total. The maximum Gasteiger partial charge on any atom is 0.100 e. The van der Waals surface area contributed by atoms with Gasteiger partial charge in [0.1, 0.15) is 5.76 Å². The number of fused-ring (bicyclic) bond motifs is 3. The van der Waals surface area contributed by atoms with Gasteiger partial charge in [-0.15, -0.1) is 11.3 Å². The van der Waals surface area contributed by atoms with E-state index in [4.69, 9.17) is 15.7 Å². The number of hydrogen-bond acceptors (Lipinski definition) is 4. The van der Waals surface area contributed by atoms with Gasteiger partial charge in [-0.3, -0.25) is 0 Å². The second-order valence-corrected chi connectivity index (χ2v) is 19.9. The summed E-state index contributed by atoms with van der Waals surface area (Å²) in [7, 11) is 2.12. The predicted octanol–water partition coefficient (Wildman–Crippen LogP) is 21.4. The molecule has 0 saturated heterocycles. The lowest BCUT2D eigenvalue weighted by Gasteiger charge is -2.05. The minimum atomic E-state index is -0.337. The zero-order valence-corrected chi connectivity index (χ0v) is 48.2. The number of para-hydroxylation sites is 2. The summed E-state index contributed by atoms with van der Waals surface area (Å²) in [5.41, 5.74) is 16.3. The van der Waals surface area contributed by atoms with Gasteiger partial charge in [0.15, 0.2) is 0 Å². The summed E-state index contributed by atoms with van der Waals surface area (Å²) >= 11 is 3.52. The molecule has 392 valence electrons. The topological polar surface area (TPSA) is 31.2 Å². The third-order valence-corrected chi connectivity index (χ3v) is 13.3. The van der Waals surface area contributed by atoms with E-state index in [1.807, 2.05) is 38.1 Å². The molecule has 0 unspecified atom stereocenters. The van der Waals surface area contributed by atoms with Crippen LogP contribution in [0.2, 0.25) is 0 Å². The van der Waals surface area contributed by atoms with Gasteiger partial charge in [0.2, 0.25) is 0 Å². The largest absolute Gasteiger partial charge is 0.472 e. The first-order valence-electron chi connectivity index (χ1n) is 28.0. The Morgan fingerprint density at radius 2 is 1.07 bits per heavy atom. The third-order valence-electron chi connectivity index (χ3n) is 11.7. The van der Waals surface area contributed by atoms with Crippen LogP contribution in [0.3, 0.4) is 0 Å². The molecule has 0 N–H and O–H groups in total. The van der Waals surface area contributed by atoms with Crippen molar-refractivity contribution in [2.75, 3.05) is 0 Å². The molecule has 5 heterocycles. The molecule has 12 aromatic rings. The van der Waals surface area contributed by atoms with E-state index in [1.54, 1.807) is 41.5 Å². The summed E-state index contributed by atoms with van der Waals surface area (Å²) in [6, 6.07) is 61.8.